The number of carbonyl (C=O) groups excluding carboxylic acids is 1. The van der Waals surface area contributed by atoms with Crippen LogP contribution in [-0.2, 0) is 0 Å². The highest BCUT2D eigenvalue weighted by Gasteiger charge is 2.14. The van der Waals surface area contributed by atoms with Crippen LogP contribution in [0.2, 0.25) is 10.0 Å². The molecular formula is C15H11Cl2FO2. The van der Waals surface area contributed by atoms with E-state index in [1.165, 1.54) is 19.1 Å². The van der Waals surface area contributed by atoms with Crippen molar-refractivity contribution in [1.29, 1.82) is 0 Å². The standard InChI is InChI=1S/C15H11Cl2FO2/c1-8-13(6-4-12(16)15(8)17)20-14-5-3-10(18)7-11(14)9(2)19/h3-7H,1-2H3. The van der Waals surface area contributed by atoms with Gasteiger partial charge < -0.3 is 4.74 Å². The molecule has 2 aromatic rings. The summed E-state index contributed by atoms with van der Waals surface area (Å²) in [6.07, 6.45) is 0. The van der Waals surface area contributed by atoms with E-state index < -0.39 is 5.82 Å². The van der Waals surface area contributed by atoms with Crippen LogP contribution in [0.5, 0.6) is 11.5 Å². The Morgan fingerprint density at radius 1 is 1.15 bits per heavy atom. The molecule has 5 heteroatoms. The van der Waals surface area contributed by atoms with Crippen LogP contribution in [0.15, 0.2) is 30.3 Å². The topological polar surface area (TPSA) is 26.3 Å². The summed E-state index contributed by atoms with van der Waals surface area (Å²) in [5, 5.41) is 0.804. The summed E-state index contributed by atoms with van der Waals surface area (Å²) < 4.78 is 18.9. The zero-order valence-electron chi connectivity index (χ0n) is 10.8. The Morgan fingerprint density at radius 3 is 2.45 bits per heavy atom. The summed E-state index contributed by atoms with van der Waals surface area (Å²) >= 11 is 11.9. The Kier molecular flexibility index (Phi) is 4.31. The first-order valence-corrected chi connectivity index (χ1v) is 6.58. The summed E-state index contributed by atoms with van der Waals surface area (Å²) in [4.78, 5) is 11.5. The van der Waals surface area contributed by atoms with Crippen LogP contribution >= 0.6 is 23.2 Å². The van der Waals surface area contributed by atoms with Crippen molar-refractivity contribution in [3.05, 3.63) is 57.3 Å². The maximum Gasteiger partial charge on any atom is 0.163 e. The van der Waals surface area contributed by atoms with Gasteiger partial charge in [0.15, 0.2) is 5.78 Å². The fraction of sp³-hybridized carbons (Fsp3) is 0.133. The largest absolute Gasteiger partial charge is 0.456 e. The molecule has 0 aliphatic rings. The van der Waals surface area contributed by atoms with Gasteiger partial charge in [0.1, 0.15) is 17.3 Å². The van der Waals surface area contributed by atoms with E-state index in [4.69, 9.17) is 27.9 Å². The van der Waals surface area contributed by atoms with E-state index in [1.807, 2.05) is 0 Å². The number of ether oxygens (including phenoxy) is 1. The summed E-state index contributed by atoms with van der Waals surface area (Å²) in [5.41, 5.74) is 0.827. The van der Waals surface area contributed by atoms with Gasteiger partial charge in [-0.05, 0) is 44.2 Å². The van der Waals surface area contributed by atoms with Crippen molar-refractivity contribution in [2.45, 2.75) is 13.8 Å². The van der Waals surface area contributed by atoms with Crippen molar-refractivity contribution in [1.82, 2.24) is 0 Å². The molecule has 0 aliphatic carbocycles. The number of rotatable bonds is 3. The van der Waals surface area contributed by atoms with Gasteiger partial charge >= 0.3 is 0 Å². The highest BCUT2D eigenvalue weighted by molar-refractivity contribution is 6.42. The zero-order chi connectivity index (χ0) is 14.9. The van der Waals surface area contributed by atoms with Gasteiger partial charge in [0.05, 0.1) is 15.6 Å². The predicted octanol–water partition coefficient (Wildman–Crippen LogP) is 5.44. The fourth-order valence-corrected chi connectivity index (χ4v) is 2.09. The van der Waals surface area contributed by atoms with Gasteiger partial charge in [0.25, 0.3) is 0 Å². The second-order valence-electron chi connectivity index (χ2n) is 4.28. The third-order valence-electron chi connectivity index (χ3n) is 2.83. The lowest BCUT2D eigenvalue weighted by Crippen LogP contribution is -1.99. The smallest absolute Gasteiger partial charge is 0.163 e. The molecule has 104 valence electrons. The minimum absolute atomic E-state index is 0.176. The van der Waals surface area contributed by atoms with E-state index in [0.29, 0.717) is 21.4 Å². The van der Waals surface area contributed by atoms with Crippen LogP contribution < -0.4 is 4.74 Å². The highest BCUT2D eigenvalue weighted by Crippen LogP contribution is 2.35. The quantitative estimate of drug-likeness (QED) is 0.706. The number of halogens is 3. The molecule has 0 unspecified atom stereocenters. The lowest BCUT2D eigenvalue weighted by atomic mass is 10.1. The molecule has 0 spiro atoms. The van der Waals surface area contributed by atoms with Crippen molar-refractivity contribution >= 4 is 29.0 Å². The van der Waals surface area contributed by atoms with Crippen LogP contribution in [0.4, 0.5) is 4.39 Å². The van der Waals surface area contributed by atoms with Crippen molar-refractivity contribution in [2.24, 2.45) is 0 Å². The Hall–Kier alpha value is -1.58. The Balaban J connectivity index is 2.45. The van der Waals surface area contributed by atoms with Gasteiger partial charge in [-0.1, -0.05) is 23.2 Å². The zero-order valence-corrected chi connectivity index (χ0v) is 12.3. The Bertz CT molecular complexity index is 684. The average Bonchev–Trinajstić information content (AvgIpc) is 2.41. The van der Waals surface area contributed by atoms with Crippen molar-refractivity contribution < 1.29 is 13.9 Å². The number of Topliss-reactive ketones (excluding diaryl/α,β-unsaturated/α-hetero) is 1. The second-order valence-corrected chi connectivity index (χ2v) is 5.07. The van der Waals surface area contributed by atoms with Crippen LogP contribution in [0, 0.1) is 12.7 Å². The maximum atomic E-state index is 13.2. The highest BCUT2D eigenvalue weighted by atomic mass is 35.5. The van der Waals surface area contributed by atoms with E-state index in [9.17, 15) is 9.18 Å². The fourth-order valence-electron chi connectivity index (χ4n) is 1.73. The maximum absolute atomic E-state index is 13.2. The normalized spacial score (nSPS) is 10.4. The van der Waals surface area contributed by atoms with E-state index in [-0.39, 0.29) is 17.1 Å². The molecule has 0 radical (unpaired) electrons. The Morgan fingerprint density at radius 2 is 1.80 bits per heavy atom. The second kappa shape index (κ2) is 5.81. The number of hydrogen-bond donors (Lipinski definition) is 0. The summed E-state index contributed by atoms with van der Waals surface area (Å²) in [7, 11) is 0. The third kappa shape index (κ3) is 2.94. The molecule has 0 saturated carbocycles. The minimum atomic E-state index is -0.492. The number of hydrogen-bond acceptors (Lipinski definition) is 2. The molecule has 2 nitrogen and oxygen atoms in total. The number of ketones is 1. The molecule has 0 fully saturated rings. The average molecular weight is 313 g/mol. The molecular weight excluding hydrogens is 302 g/mol. The first kappa shape index (κ1) is 14.8. The molecule has 0 heterocycles. The molecule has 20 heavy (non-hydrogen) atoms. The molecule has 0 atom stereocenters. The van der Waals surface area contributed by atoms with E-state index in [1.54, 1.807) is 19.1 Å². The Labute approximate surface area is 126 Å². The lowest BCUT2D eigenvalue weighted by molar-refractivity contribution is 0.101. The van der Waals surface area contributed by atoms with Gasteiger partial charge in [-0.2, -0.15) is 0 Å². The van der Waals surface area contributed by atoms with Gasteiger partial charge in [0, 0.05) is 5.56 Å². The first-order chi connectivity index (χ1) is 9.40. The molecule has 2 rings (SSSR count). The molecule has 0 aliphatic heterocycles. The molecule has 0 amide bonds. The summed E-state index contributed by atoms with van der Waals surface area (Å²) in [5.74, 6) is -0.0282. The van der Waals surface area contributed by atoms with Gasteiger partial charge in [-0.15, -0.1) is 0 Å². The van der Waals surface area contributed by atoms with E-state index in [2.05, 4.69) is 0 Å². The van der Waals surface area contributed by atoms with E-state index >= 15 is 0 Å². The van der Waals surface area contributed by atoms with Crippen LogP contribution in [0.25, 0.3) is 0 Å². The molecule has 0 N–H and O–H groups in total. The van der Waals surface area contributed by atoms with Crippen LogP contribution in [-0.4, -0.2) is 5.78 Å². The van der Waals surface area contributed by atoms with E-state index in [0.717, 1.165) is 6.07 Å². The summed E-state index contributed by atoms with van der Waals surface area (Å²) in [6, 6.07) is 7.03. The molecule has 0 bridgehead atoms. The number of benzene rings is 2. The van der Waals surface area contributed by atoms with Gasteiger partial charge in [-0.3, -0.25) is 4.79 Å². The predicted molar refractivity (Wildman–Crippen MR) is 77.7 cm³/mol. The SMILES string of the molecule is CC(=O)c1cc(F)ccc1Oc1ccc(Cl)c(Cl)c1C. The summed E-state index contributed by atoms with van der Waals surface area (Å²) in [6.45, 7) is 3.10. The van der Waals surface area contributed by atoms with Gasteiger partial charge in [0.2, 0.25) is 0 Å². The van der Waals surface area contributed by atoms with Gasteiger partial charge in [-0.25, -0.2) is 4.39 Å². The van der Waals surface area contributed by atoms with Crippen LogP contribution in [0.3, 0.4) is 0 Å². The minimum Gasteiger partial charge on any atom is -0.456 e. The van der Waals surface area contributed by atoms with Crippen molar-refractivity contribution in [3.8, 4) is 11.5 Å². The monoisotopic (exact) mass is 312 g/mol. The molecule has 0 aromatic heterocycles. The molecule has 2 aromatic carbocycles. The number of carbonyl (C=O) groups is 1. The molecule has 0 saturated heterocycles. The first-order valence-electron chi connectivity index (χ1n) is 5.83. The lowest BCUT2D eigenvalue weighted by Gasteiger charge is -2.13. The van der Waals surface area contributed by atoms with Crippen molar-refractivity contribution in [3.63, 3.8) is 0 Å². The van der Waals surface area contributed by atoms with Crippen molar-refractivity contribution in [2.75, 3.05) is 0 Å². The third-order valence-corrected chi connectivity index (χ3v) is 3.73. The van der Waals surface area contributed by atoms with Crippen LogP contribution in [0.1, 0.15) is 22.8 Å².